The van der Waals surface area contributed by atoms with Gasteiger partial charge < -0.3 is 9.64 Å². The number of fused-ring (bicyclic) bond motifs is 1. The first-order valence-electron chi connectivity index (χ1n) is 10.2. The number of pyridine rings is 1. The number of nitrogens with zero attached hydrogens (tertiary/aromatic N) is 3. The van der Waals surface area contributed by atoms with E-state index in [1.807, 2.05) is 6.20 Å². The Hall–Kier alpha value is -3.11. The average molecular weight is 383 g/mol. The molecule has 4 nitrogen and oxygen atoms in total. The molecule has 0 atom stereocenters. The summed E-state index contributed by atoms with van der Waals surface area (Å²) in [4.78, 5) is 7.04. The second-order valence-electron chi connectivity index (χ2n) is 7.68. The number of aryl methyl sites for hydroxylation is 1. The highest BCUT2D eigenvalue weighted by Crippen LogP contribution is 2.25. The minimum atomic E-state index is 0.812. The van der Waals surface area contributed by atoms with E-state index in [0.717, 1.165) is 38.4 Å². The first-order valence-corrected chi connectivity index (χ1v) is 10.2. The Bertz CT molecular complexity index is 1120. The maximum Gasteiger partial charge on any atom is 0.140 e. The lowest BCUT2D eigenvalue weighted by atomic mass is 10.0. The summed E-state index contributed by atoms with van der Waals surface area (Å²) in [7, 11) is 0. The van der Waals surface area contributed by atoms with Gasteiger partial charge >= 0.3 is 0 Å². The molecule has 0 N–H and O–H groups in total. The van der Waals surface area contributed by atoms with Crippen molar-refractivity contribution in [1.29, 1.82) is 0 Å². The summed E-state index contributed by atoms with van der Waals surface area (Å²) in [5.41, 5.74) is 8.50. The predicted molar refractivity (Wildman–Crippen MR) is 118 cm³/mol. The number of benzene rings is 2. The summed E-state index contributed by atoms with van der Waals surface area (Å²) >= 11 is 0. The fourth-order valence-corrected chi connectivity index (χ4v) is 4.11. The van der Waals surface area contributed by atoms with E-state index in [1.54, 1.807) is 0 Å². The van der Waals surface area contributed by atoms with Crippen LogP contribution in [0.5, 0.6) is 0 Å². The minimum absolute atomic E-state index is 0.812. The molecule has 0 unspecified atom stereocenters. The van der Waals surface area contributed by atoms with E-state index < -0.39 is 0 Å². The summed E-state index contributed by atoms with van der Waals surface area (Å²) in [6.45, 7) is 5.69. The molecule has 0 aliphatic carbocycles. The van der Waals surface area contributed by atoms with Gasteiger partial charge in [0.15, 0.2) is 0 Å². The fourth-order valence-electron chi connectivity index (χ4n) is 4.11. The van der Waals surface area contributed by atoms with E-state index >= 15 is 0 Å². The second kappa shape index (κ2) is 7.72. The van der Waals surface area contributed by atoms with Gasteiger partial charge in [0, 0.05) is 37.6 Å². The first-order chi connectivity index (χ1) is 14.3. The van der Waals surface area contributed by atoms with E-state index in [1.165, 1.54) is 33.6 Å². The van der Waals surface area contributed by atoms with Crippen molar-refractivity contribution in [1.82, 2.24) is 9.38 Å². The van der Waals surface area contributed by atoms with Crippen LogP contribution in [0.15, 0.2) is 73.1 Å². The lowest BCUT2D eigenvalue weighted by Crippen LogP contribution is -2.36. The summed E-state index contributed by atoms with van der Waals surface area (Å²) < 4.78 is 7.65. The molecule has 4 aromatic rings. The molecule has 1 aliphatic rings. The van der Waals surface area contributed by atoms with Gasteiger partial charge in [-0.1, -0.05) is 42.0 Å². The average Bonchev–Trinajstić information content (AvgIpc) is 3.26. The van der Waals surface area contributed by atoms with E-state index in [9.17, 15) is 0 Å². The lowest BCUT2D eigenvalue weighted by molar-refractivity contribution is 0.122. The molecule has 0 saturated carbocycles. The number of hydrogen-bond donors (Lipinski definition) is 0. The Balaban J connectivity index is 1.43. The number of morpholine rings is 1. The van der Waals surface area contributed by atoms with Crippen molar-refractivity contribution in [2.45, 2.75) is 13.3 Å². The van der Waals surface area contributed by atoms with Crippen LogP contribution in [0, 0.1) is 6.92 Å². The van der Waals surface area contributed by atoms with Gasteiger partial charge in [-0.3, -0.25) is 4.40 Å². The number of ether oxygens (including phenoxy) is 1. The molecule has 1 saturated heterocycles. The molecule has 146 valence electrons. The summed E-state index contributed by atoms with van der Waals surface area (Å²) in [5.74, 6) is 0. The number of hydrogen-bond acceptors (Lipinski definition) is 3. The molecule has 0 spiro atoms. The summed E-state index contributed by atoms with van der Waals surface area (Å²) in [5, 5.41) is 0. The monoisotopic (exact) mass is 383 g/mol. The van der Waals surface area contributed by atoms with Crippen molar-refractivity contribution in [3.8, 4) is 11.3 Å². The largest absolute Gasteiger partial charge is 0.378 e. The second-order valence-corrected chi connectivity index (χ2v) is 7.68. The van der Waals surface area contributed by atoms with E-state index in [2.05, 4.69) is 88.1 Å². The highest BCUT2D eigenvalue weighted by atomic mass is 16.5. The molecular formula is C25H25N3O. The van der Waals surface area contributed by atoms with E-state index in [4.69, 9.17) is 4.74 Å². The highest BCUT2D eigenvalue weighted by molar-refractivity contribution is 5.66. The third-order valence-corrected chi connectivity index (χ3v) is 5.65. The molecule has 3 heterocycles. The number of rotatable bonds is 4. The highest BCUT2D eigenvalue weighted by Gasteiger charge is 2.12. The van der Waals surface area contributed by atoms with Gasteiger partial charge in [0.05, 0.1) is 18.9 Å². The number of anilines is 1. The van der Waals surface area contributed by atoms with Crippen LogP contribution in [0.2, 0.25) is 0 Å². The smallest absolute Gasteiger partial charge is 0.140 e. The molecule has 0 bridgehead atoms. The minimum Gasteiger partial charge on any atom is -0.378 e. The third-order valence-electron chi connectivity index (χ3n) is 5.65. The van der Waals surface area contributed by atoms with Crippen molar-refractivity contribution in [3.63, 3.8) is 0 Å². The van der Waals surface area contributed by atoms with Crippen molar-refractivity contribution >= 4 is 11.3 Å². The third kappa shape index (κ3) is 3.64. The Morgan fingerprint density at radius 3 is 2.59 bits per heavy atom. The molecule has 1 fully saturated rings. The molecule has 2 aromatic carbocycles. The van der Waals surface area contributed by atoms with Crippen molar-refractivity contribution in [2.75, 3.05) is 31.2 Å². The normalized spacial score (nSPS) is 14.4. The topological polar surface area (TPSA) is 29.8 Å². The predicted octanol–water partition coefficient (Wildman–Crippen LogP) is 4.74. The van der Waals surface area contributed by atoms with Gasteiger partial charge in [-0.05, 0) is 47.9 Å². The zero-order chi connectivity index (χ0) is 19.6. The van der Waals surface area contributed by atoms with Gasteiger partial charge in [0.1, 0.15) is 5.65 Å². The van der Waals surface area contributed by atoms with Crippen LogP contribution < -0.4 is 4.90 Å². The molecule has 0 radical (unpaired) electrons. The van der Waals surface area contributed by atoms with Crippen LogP contribution in [0.4, 0.5) is 5.69 Å². The Kier molecular flexibility index (Phi) is 4.78. The Labute approximate surface area is 171 Å². The maximum atomic E-state index is 5.45. The van der Waals surface area contributed by atoms with Gasteiger partial charge in [0.25, 0.3) is 0 Å². The van der Waals surface area contributed by atoms with Gasteiger partial charge in [-0.2, -0.15) is 0 Å². The Morgan fingerprint density at radius 2 is 1.79 bits per heavy atom. The molecule has 1 aliphatic heterocycles. The first kappa shape index (κ1) is 18.0. The van der Waals surface area contributed by atoms with Gasteiger partial charge in [-0.15, -0.1) is 0 Å². The van der Waals surface area contributed by atoms with Crippen molar-refractivity contribution < 1.29 is 4.74 Å². The van der Waals surface area contributed by atoms with Crippen LogP contribution in [-0.4, -0.2) is 35.7 Å². The standard InChI is InChI=1S/C25H25N3O/c1-19-3-2-4-21(17-19)24-10-7-22(25-26-11-12-28(24)25)18-20-5-8-23(9-6-20)27-13-15-29-16-14-27/h2-12,17H,13-16,18H2,1H3. The van der Waals surface area contributed by atoms with E-state index in [-0.39, 0.29) is 0 Å². The molecular weight excluding hydrogens is 358 g/mol. The van der Waals surface area contributed by atoms with Crippen LogP contribution in [0.1, 0.15) is 16.7 Å². The van der Waals surface area contributed by atoms with Crippen molar-refractivity contribution in [3.05, 3.63) is 89.7 Å². The molecule has 4 heteroatoms. The fraction of sp³-hybridized carbons (Fsp3) is 0.240. The molecule has 29 heavy (non-hydrogen) atoms. The van der Waals surface area contributed by atoms with Crippen LogP contribution in [0.25, 0.3) is 16.9 Å². The zero-order valence-corrected chi connectivity index (χ0v) is 16.7. The van der Waals surface area contributed by atoms with Crippen LogP contribution in [-0.2, 0) is 11.2 Å². The molecule has 2 aromatic heterocycles. The van der Waals surface area contributed by atoms with E-state index in [0.29, 0.717) is 0 Å². The maximum absolute atomic E-state index is 5.45. The van der Waals surface area contributed by atoms with Gasteiger partial charge in [0.2, 0.25) is 0 Å². The number of imidazole rings is 1. The quantitative estimate of drug-likeness (QED) is 0.510. The Morgan fingerprint density at radius 1 is 0.966 bits per heavy atom. The zero-order valence-electron chi connectivity index (χ0n) is 16.7. The summed E-state index contributed by atoms with van der Waals surface area (Å²) in [6, 6.07) is 22.0. The van der Waals surface area contributed by atoms with Crippen LogP contribution >= 0.6 is 0 Å². The molecule has 0 amide bonds. The number of aromatic nitrogens is 2. The van der Waals surface area contributed by atoms with Crippen molar-refractivity contribution in [2.24, 2.45) is 0 Å². The SMILES string of the molecule is Cc1cccc(-c2ccc(Cc3ccc(N4CCOCC4)cc3)c3nccn23)c1. The molecule has 5 rings (SSSR count). The van der Waals surface area contributed by atoms with Gasteiger partial charge in [-0.25, -0.2) is 4.98 Å². The van der Waals surface area contributed by atoms with Crippen LogP contribution in [0.3, 0.4) is 0 Å². The lowest BCUT2D eigenvalue weighted by Gasteiger charge is -2.28. The summed E-state index contributed by atoms with van der Waals surface area (Å²) in [6.07, 6.45) is 4.82.